The van der Waals surface area contributed by atoms with E-state index >= 15 is 0 Å². The molecule has 0 fully saturated rings. The van der Waals surface area contributed by atoms with Gasteiger partial charge in [0.15, 0.2) is 11.3 Å². The highest BCUT2D eigenvalue weighted by Gasteiger charge is 2.41. The van der Waals surface area contributed by atoms with E-state index < -0.39 is 11.5 Å². The number of carboxylic acid groups (broad SMARTS) is 1. The Morgan fingerprint density at radius 3 is 1.82 bits per heavy atom. The van der Waals surface area contributed by atoms with Gasteiger partial charge in [0, 0.05) is 6.42 Å². The van der Waals surface area contributed by atoms with Crippen LogP contribution in [0.3, 0.4) is 0 Å². The number of nitrogens with two attached hydrogens (primary N) is 1. The van der Waals surface area contributed by atoms with E-state index in [0.29, 0.717) is 0 Å². The van der Waals surface area contributed by atoms with Crippen molar-refractivity contribution in [2.24, 2.45) is 11.7 Å². The number of hydrogen-bond acceptors (Lipinski definition) is 3. The van der Waals surface area contributed by atoms with Crippen LogP contribution in [0.2, 0.25) is 0 Å². The Balaban J connectivity index is 3.89. The fourth-order valence-corrected chi connectivity index (χ4v) is 2.78. The first-order valence-electron chi connectivity index (χ1n) is 8.90. The lowest BCUT2D eigenvalue weighted by atomic mass is 9.84. The number of carbonyl (C=O) groups excluding carboxylic acids is 1. The van der Waals surface area contributed by atoms with E-state index in [9.17, 15) is 14.7 Å². The van der Waals surface area contributed by atoms with E-state index in [1.54, 1.807) is 0 Å². The number of ketones is 1. The van der Waals surface area contributed by atoms with Gasteiger partial charge in [-0.25, -0.2) is 4.79 Å². The average molecular weight is 313 g/mol. The second-order valence-corrected chi connectivity index (χ2v) is 6.88. The molecule has 4 nitrogen and oxygen atoms in total. The number of rotatable bonds is 14. The Bertz CT molecular complexity index is 328. The highest BCUT2D eigenvalue weighted by molar-refractivity contribution is 6.07. The standard InChI is InChI=1S/C18H35NO3/c1-4-5-6-7-8-9-10-11-12-13-16(20)18(19,17(21)22)14-15(2)3/h15H,4-14,19H2,1-3H3,(H,21,22)/t18-/m1/s1. The van der Waals surface area contributed by atoms with Gasteiger partial charge in [0.25, 0.3) is 0 Å². The number of unbranched alkanes of at least 4 members (excludes halogenated alkanes) is 8. The summed E-state index contributed by atoms with van der Waals surface area (Å²) in [5.74, 6) is -1.42. The maximum absolute atomic E-state index is 12.1. The lowest BCUT2D eigenvalue weighted by molar-refractivity contribution is -0.149. The van der Waals surface area contributed by atoms with E-state index in [2.05, 4.69) is 6.92 Å². The quantitative estimate of drug-likeness (QED) is 0.370. The molecule has 130 valence electrons. The Kier molecular flexibility index (Phi) is 11.2. The monoisotopic (exact) mass is 313 g/mol. The molecule has 0 aliphatic heterocycles. The third-order valence-electron chi connectivity index (χ3n) is 4.12. The van der Waals surface area contributed by atoms with Crippen molar-refractivity contribution in [1.29, 1.82) is 0 Å². The third kappa shape index (κ3) is 8.52. The van der Waals surface area contributed by atoms with Gasteiger partial charge in [-0.05, 0) is 18.8 Å². The zero-order valence-electron chi connectivity index (χ0n) is 14.7. The molecule has 22 heavy (non-hydrogen) atoms. The van der Waals surface area contributed by atoms with E-state index in [-0.39, 0.29) is 24.5 Å². The molecule has 0 aromatic heterocycles. The molecule has 0 aliphatic rings. The molecule has 0 radical (unpaired) electrons. The minimum absolute atomic E-state index is 0.0909. The molecule has 0 aromatic carbocycles. The second-order valence-electron chi connectivity index (χ2n) is 6.88. The van der Waals surface area contributed by atoms with Crippen LogP contribution in [0.1, 0.15) is 91.4 Å². The molecule has 1 atom stereocenters. The molecule has 0 saturated heterocycles. The molecule has 0 unspecified atom stereocenters. The summed E-state index contributed by atoms with van der Waals surface area (Å²) in [6, 6.07) is 0. The zero-order valence-corrected chi connectivity index (χ0v) is 14.7. The summed E-state index contributed by atoms with van der Waals surface area (Å²) in [5.41, 5.74) is 4.15. The molecule has 0 spiro atoms. The normalized spacial score (nSPS) is 14.0. The van der Waals surface area contributed by atoms with E-state index in [1.165, 1.54) is 38.5 Å². The first-order valence-corrected chi connectivity index (χ1v) is 8.90. The molecule has 0 aliphatic carbocycles. The van der Waals surface area contributed by atoms with Crippen molar-refractivity contribution in [3.05, 3.63) is 0 Å². The SMILES string of the molecule is CCCCCCCCCCCC(=O)[C@](N)(CC(C)C)C(=O)O. The molecular formula is C18H35NO3. The predicted octanol–water partition coefficient (Wildman–Crippen LogP) is 4.30. The first kappa shape index (κ1) is 21.1. The van der Waals surface area contributed by atoms with Gasteiger partial charge < -0.3 is 10.8 Å². The Labute approximate surface area is 135 Å². The number of carbonyl (C=O) groups is 2. The lowest BCUT2D eigenvalue weighted by Gasteiger charge is -2.25. The summed E-state index contributed by atoms with van der Waals surface area (Å²) in [6.07, 6.45) is 11.0. The lowest BCUT2D eigenvalue weighted by Crippen LogP contribution is -2.55. The maximum Gasteiger partial charge on any atom is 0.331 e. The largest absolute Gasteiger partial charge is 0.480 e. The van der Waals surface area contributed by atoms with Crippen LogP contribution in [0.25, 0.3) is 0 Å². The van der Waals surface area contributed by atoms with Crippen LogP contribution in [0, 0.1) is 5.92 Å². The van der Waals surface area contributed by atoms with Crippen LogP contribution >= 0.6 is 0 Å². The molecule has 0 rings (SSSR count). The topological polar surface area (TPSA) is 80.4 Å². The van der Waals surface area contributed by atoms with Crippen molar-refractivity contribution in [3.8, 4) is 0 Å². The minimum Gasteiger partial charge on any atom is -0.480 e. The summed E-state index contributed by atoms with van der Waals surface area (Å²) in [4.78, 5) is 23.5. The fourth-order valence-electron chi connectivity index (χ4n) is 2.78. The van der Waals surface area contributed by atoms with Gasteiger partial charge in [-0.1, -0.05) is 72.1 Å². The van der Waals surface area contributed by atoms with Crippen LogP contribution in [0.4, 0.5) is 0 Å². The van der Waals surface area contributed by atoms with Crippen molar-refractivity contribution in [2.75, 3.05) is 0 Å². The van der Waals surface area contributed by atoms with E-state index in [4.69, 9.17) is 5.73 Å². The smallest absolute Gasteiger partial charge is 0.331 e. The summed E-state index contributed by atoms with van der Waals surface area (Å²) < 4.78 is 0. The van der Waals surface area contributed by atoms with Crippen LogP contribution in [-0.2, 0) is 9.59 Å². The zero-order chi connectivity index (χ0) is 17.0. The average Bonchev–Trinajstić information content (AvgIpc) is 2.44. The summed E-state index contributed by atoms with van der Waals surface area (Å²) in [5, 5.41) is 9.25. The number of hydrogen-bond donors (Lipinski definition) is 2. The van der Waals surface area contributed by atoms with Crippen LogP contribution in [-0.4, -0.2) is 22.4 Å². The molecule has 0 aromatic rings. The van der Waals surface area contributed by atoms with Crippen molar-refractivity contribution < 1.29 is 14.7 Å². The molecular weight excluding hydrogens is 278 g/mol. The van der Waals surface area contributed by atoms with Gasteiger partial charge in [-0.3, -0.25) is 4.79 Å². The number of carboxylic acids is 1. The Morgan fingerprint density at radius 2 is 1.41 bits per heavy atom. The van der Waals surface area contributed by atoms with Gasteiger partial charge >= 0.3 is 5.97 Å². The van der Waals surface area contributed by atoms with Crippen molar-refractivity contribution in [1.82, 2.24) is 0 Å². The van der Waals surface area contributed by atoms with Crippen molar-refractivity contribution >= 4 is 11.8 Å². The molecule has 4 heteroatoms. The summed E-state index contributed by atoms with van der Waals surface area (Å²) in [7, 11) is 0. The van der Waals surface area contributed by atoms with Gasteiger partial charge in [-0.15, -0.1) is 0 Å². The van der Waals surface area contributed by atoms with Crippen LogP contribution in [0.15, 0.2) is 0 Å². The highest BCUT2D eigenvalue weighted by atomic mass is 16.4. The van der Waals surface area contributed by atoms with Crippen LogP contribution in [0.5, 0.6) is 0 Å². The van der Waals surface area contributed by atoms with E-state index in [1.807, 2.05) is 13.8 Å². The van der Waals surface area contributed by atoms with Gasteiger partial charge in [0.05, 0.1) is 0 Å². The first-order chi connectivity index (χ1) is 10.3. The summed E-state index contributed by atoms with van der Waals surface area (Å²) in [6.45, 7) is 5.98. The Morgan fingerprint density at radius 1 is 0.955 bits per heavy atom. The molecule has 0 heterocycles. The number of aliphatic carboxylic acids is 1. The molecule has 0 amide bonds. The predicted molar refractivity (Wildman–Crippen MR) is 90.9 cm³/mol. The molecule has 0 saturated carbocycles. The second kappa shape index (κ2) is 11.6. The fraction of sp³-hybridized carbons (Fsp3) is 0.889. The summed E-state index contributed by atoms with van der Waals surface area (Å²) >= 11 is 0. The van der Waals surface area contributed by atoms with E-state index in [0.717, 1.165) is 19.3 Å². The highest BCUT2D eigenvalue weighted by Crippen LogP contribution is 2.19. The van der Waals surface area contributed by atoms with Gasteiger partial charge in [-0.2, -0.15) is 0 Å². The maximum atomic E-state index is 12.1. The molecule has 0 bridgehead atoms. The van der Waals surface area contributed by atoms with Crippen molar-refractivity contribution in [2.45, 2.75) is 96.9 Å². The minimum atomic E-state index is -1.70. The van der Waals surface area contributed by atoms with Gasteiger partial charge in [0.1, 0.15) is 0 Å². The Hall–Kier alpha value is -0.900. The number of Topliss-reactive ketones (excluding diaryl/α,β-unsaturated/α-hetero) is 1. The third-order valence-corrected chi connectivity index (χ3v) is 4.12. The van der Waals surface area contributed by atoms with Crippen LogP contribution < -0.4 is 5.73 Å². The molecule has 3 N–H and O–H groups in total. The van der Waals surface area contributed by atoms with Crippen molar-refractivity contribution in [3.63, 3.8) is 0 Å². The van der Waals surface area contributed by atoms with Gasteiger partial charge in [0.2, 0.25) is 0 Å².